The zero-order valence-electron chi connectivity index (χ0n) is 13.2. The lowest BCUT2D eigenvalue weighted by Gasteiger charge is -2.32. The summed E-state index contributed by atoms with van der Waals surface area (Å²) in [5, 5.41) is 17.6. The molecule has 3 rings (SSSR count). The molecule has 24 heavy (non-hydrogen) atoms. The van der Waals surface area contributed by atoms with Crippen LogP contribution >= 0.6 is 0 Å². The predicted molar refractivity (Wildman–Crippen MR) is 91.4 cm³/mol. The van der Waals surface area contributed by atoms with E-state index >= 15 is 0 Å². The summed E-state index contributed by atoms with van der Waals surface area (Å²) in [7, 11) is 0. The van der Waals surface area contributed by atoms with Gasteiger partial charge in [0.25, 0.3) is 0 Å². The third-order valence-corrected chi connectivity index (χ3v) is 4.43. The van der Waals surface area contributed by atoms with Crippen LogP contribution in [-0.2, 0) is 5.41 Å². The summed E-state index contributed by atoms with van der Waals surface area (Å²) in [5.74, 6) is 0.774. The second-order valence-corrected chi connectivity index (χ2v) is 5.72. The van der Waals surface area contributed by atoms with E-state index in [0.29, 0.717) is 11.5 Å². The molecule has 3 aromatic carbocycles. The first-order chi connectivity index (χ1) is 11.7. The van der Waals surface area contributed by atoms with E-state index in [0.717, 1.165) is 16.7 Å². The molecule has 0 radical (unpaired) electrons. The minimum Gasteiger partial charge on any atom is -0.340 e. The van der Waals surface area contributed by atoms with Crippen molar-refractivity contribution < 1.29 is 20.3 Å². The summed E-state index contributed by atoms with van der Waals surface area (Å²) in [6.45, 7) is 2.13. The molecule has 0 fully saturated rings. The summed E-state index contributed by atoms with van der Waals surface area (Å²) in [6, 6.07) is 24.7. The van der Waals surface area contributed by atoms with Crippen LogP contribution in [0.3, 0.4) is 0 Å². The van der Waals surface area contributed by atoms with Crippen molar-refractivity contribution >= 4 is 0 Å². The van der Waals surface area contributed by atoms with Gasteiger partial charge in [-0.1, -0.05) is 54.6 Å². The first-order valence-electron chi connectivity index (χ1n) is 7.58. The molecule has 0 aliphatic carbocycles. The molecule has 0 unspecified atom stereocenters. The summed E-state index contributed by atoms with van der Waals surface area (Å²) in [5.41, 5.74) is 2.81. The summed E-state index contributed by atoms with van der Waals surface area (Å²) in [6.07, 6.45) is 0. The first kappa shape index (κ1) is 16.1. The lowest BCUT2D eigenvalue weighted by molar-refractivity contribution is -0.137. The van der Waals surface area contributed by atoms with Gasteiger partial charge in [-0.25, -0.2) is 10.5 Å². The number of rotatable bonds is 5. The van der Waals surface area contributed by atoms with Gasteiger partial charge in [-0.05, 0) is 47.9 Å². The average Bonchev–Trinajstić information content (AvgIpc) is 2.68. The van der Waals surface area contributed by atoms with E-state index in [9.17, 15) is 0 Å². The van der Waals surface area contributed by atoms with E-state index in [4.69, 9.17) is 10.5 Å². The van der Waals surface area contributed by atoms with Gasteiger partial charge in [-0.2, -0.15) is 0 Å². The molecule has 4 heteroatoms. The maximum Gasteiger partial charge on any atom is 0.165 e. The Morgan fingerprint density at radius 1 is 0.583 bits per heavy atom. The Morgan fingerprint density at radius 3 is 1.33 bits per heavy atom. The molecular formula is C20H18O4. The van der Waals surface area contributed by atoms with Gasteiger partial charge in [-0.15, -0.1) is 0 Å². The first-order valence-corrected chi connectivity index (χ1v) is 7.58. The van der Waals surface area contributed by atoms with Crippen LogP contribution in [0.5, 0.6) is 11.5 Å². The van der Waals surface area contributed by atoms with Crippen LogP contribution in [0.4, 0.5) is 0 Å². The maximum absolute atomic E-state index is 8.79. The molecular weight excluding hydrogens is 304 g/mol. The van der Waals surface area contributed by atoms with E-state index in [1.165, 1.54) is 0 Å². The molecule has 0 saturated heterocycles. The van der Waals surface area contributed by atoms with Crippen LogP contribution in [0.1, 0.15) is 23.6 Å². The Bertz CT molecular complexity index is 733. The average molecular weight is 322 g/mol. The third-order valence-electron chi connectivity index (χ3n) is 4.43. The Morgan fingerprint density at radius 2 is 0.958 bits per heavy atom. The summed E-state index contributed by atoms with van der Waals surface area (Å²) in [4.78, 5) is 8.56. The second kappa shape index (κ2) is 6.74. The Balaban J connectivity index is 2.16. The highest BCUT2D eigenvalue weighted by Gasteiger charge is 2.31. The zero-order chi connectivity index (χ0) is 17.0. The normalized spacial score (nSPS) is 11.1. The van der Waals surface area contributed by atoms with Crippen molar-refractivity contribution in [3.8, 4) is 11.5 Å². The molecule has 0 saturated carbocycles. The standard InChI is InChI=1S/C20H18O4/c1-20(15-5-3-2-4-6-15,16-7-11-18(23-21)12-8-16)17-9-13-19(24-22)14-10-17/h2-14,21-22H,1H3. The molecule has 4 nitrogen and oxygen atoms in total. The summed E-state index contributed by atoms with van der Waals surface area (Å²) >= 11 is 0. The van der Waals surface area contributed by atoms with Crippen LogP contribution in [-0.4, -0.2) is 10.5 Å². The molecule has 0 amide bonds. The molecule has 0 atom stereocenters. The highest BCUT2D eigenvalue weighted by atomic mass is 17.1. The monoisotopic (exact) mass is 322 g/mol. The fraction of sp³-hybridized carbons (Fsp3) is 0.100. The third kappa shape index (κ3) is 2.85. The van der Waals surface area contributed by atoms with E-state index in [1.54, 1.807) is 24.3 Å². The van der Waals surface area contributed by atoms with Gasteiger partial charge >= 0.3 is 0 Å². The minimum atomic E-state index is -0.413. The topological polar surface area (TPSA) is 58.9 Å². The Hall–Kier alpha value is -2.82. The Kier molecular flexibility index (Phi) is 4.51. The van der Waals surface area contributed by atoms with Crippen molar-refractivity contribution in [3.63, 3.8) is 0 Å². The van der Waals surface area contributed by atoms with Crippen LogP contribution in [0.2, 0.25) is 0 Å². The van der Waals surface area contributed by atoms with Crippen LogP contribution in [0.15, 0.2) is 78.9 Å². The number of hydrogen-bond donors (Lipinski definition) is 2. The van der Waals surface area contributed by atoms with Gasteiger partial charge in [-0.3, -0.25) is 0 Å². The molecule has 0 aliphatic rings. The van der Waals surface area contributed by atoms with Crippen LogP contribution < -0.4 is 9.78 Å². The van der Waals surface area contributed by atoms with Crippen LogP contribution in [0.25, 0.3) is 0 Å². The lowest BCUT2D eigenvalue weighted by Crippen LogP contribution is -2.25. The molecule has 2 N–H and O–H groups in total. The SMILES string of the molecule is CC(c1ccccc1)(c1ccc(OO)cc1)c1ccc(OO)cc1. The van der Waals surface area contributed by atoms with Gasteiger partial charge in [0.2, 0.25) is 0 Å². The largest absolute Gasteiger partial charge is 0.340 e. The van der Waals surface area contributed by atoms with E-state index in [-0.39, 0.29) is 0 Å². The predicted octanol–water partition coefficient (Wildman–Crippen LogP) is 4.74. The van der Waals surface area contributed by atoms with Crippen molar-refractivity contribution in [1.29, 1.82) is 0 Å². The highest BCUT2D eigenvalue weighted by molar-refractivity contribution is 5.51. The molecule has 0 aromatic heterocycles. The second-order valence-electron chi connectivity index (χ2n) is 5.72. The molecule has 0 bridgehead atoms. The summed E-state index contributed by atoms with van der Waals surface area (Å²) < 4.78 is 0. The Labute approximate surface area is 140 Å². The fourth-order valence-corrected chi connectivity index (χ4v) is 2.97. The van der Waals surface area contributed by atoms with Crippen LogP contribution in [0, 0.1) is 0 Å². The van der Waals surface area contributed by atoms with E-state index < -0.39 is 5.41 Å². The molecule has 0 spiro atoms. The lowest BCUT2D eigenvalue weighted by atomic mass is 9.71. The van der Waals surface area contributed by atoms with Gasteiger partial charge in [0, 0.05) is 5.41 Å². The number of benzene rings is 3. The van der Waals surface area contributed by atoms with Crippen molar-refractivity contribution in [2.75, 3.05) is 0 Å². The highest BCUT2D eigenvalue weighted by Crippen LogP contribution is 2.39. The molecule has 0 aliphatic heterocycles. The van der Waals surface area contributed by atoms with Crippen molar-refractivity contribution in [2.45, 2.75) is 12.3 Å². The maximum atomic E-state index is 8.79. The quantitative estimate of drug-likeness (QED) is 0.404. The van der Waals surface area contributed by atoms with Gasteiger partial charge < -0.3 is 9.78 Å². The van der Waals surface area contributed by atoms with E-state index in [2.05, 4.69) is 28.8 Å². The van der Waals surface area contributed by atoms with Gasteiger partial charge in [0.15, 0.2) is 11.5 Å². The van der Waals surface area contributed by atoms with Gasteiger partial charge in [0.05, 0.1) is 0 Å². The fourth-order valence-electron chi connectivity index (χ4n) is 2.97. The van der Waals surface area contributed by atoms with Crippen molar-refractivity contribution in [1.82, 2.24) is 0 Å². The minimum absolute atomic E-state index is 0.387. The molecule has 0 heterocycles. The van der Waals surface area contributed by atoms with Crippen molar-refractivity contribution in [2.24, 2.45) is 0 Å². The molecule has 3 aromatic rings. The van der Waals surface area contributed by atoms with Crippen molar-refractivity contribution in [3.05, 3.63) is 95.6 Å². The van der Waals surface area contributed by atoms with E-state index in [1.807, 2.05) is 42.5 Å². The van der Waals surface area contributed by atoms with Gasteiger partial charge in [0.1, 0.15) is 0 Å². The smallest absolute Gasteiger partial charge is 0.165 e. The number of hydrogen-bond acceptors (Lipinski definition) is 4. The molecule has 122 valence electrons. The zero-order valence-corrected chi connectivity index (χ0v) is 13.2.